The maximum absolute atomic E-state index is 11.5. The first-order valence-corrected chi connectivity index (χ1v) is 7.77. The molecule has 0 saturated heterocycles. The summed E-state index contributed by atoms with van der Waals surface area (Å²) < 4.78 is 0. The number of carboxylic acids is 2. The van der Waals surface area contributed by atoms with Gasteiger partial charge in [0, 0.05) is 0 Å². The zero-order valence-electron chi connectivity index (χ0n) is 19.1. The average Bonchev–Trinajstić information content (AvgIpc) is 2.44. The van der Waals surface area contributed by atoms with E-state index in [1.54, 1.807) is 0 Å². The molecule has 7 nitrogen and oxygen atoms in total. The van der Waals surface area contributed by atoms with E-state index in [-0.39, 0.29) is 99.4 Å². The zero-order chi connectivity index (χ0) is 16.8. The van der Waals surface area contributed by atoms with Gasteiger partial charge < -0.3 is 14.5 Å². The first-order chi connectivity index (χ1) is 10.5. The molecule has 134 valence electrons. The van der Waals surface area contributed by atoms with Crippen LogP contribution in [0.25, 0.3) is 0 Å². The minimum Gasteiger partial charge on any atom is -1.00 e. The number of hydrogen-bond donors (Lipinski definition) is 2. The third-order valence-electron chi connectivity index (χ3n) is 3.25. The minimum atomic E-state index is -1.31. The summed E-state index contributed by atoms with van der Waals surface area (Å²) in [5.41, 5.74) is 0. The molecule has 0 fully saturated rings. The van der Waals surface area contributed by atoms with Crippen LogP contribution in [0.2, 0.25) is 0 Å². The summed E-state index contributed by atoms with van der Waals surface area (Å²) in [4.78, 5) is 41.0. The first kappa shape index (κ1) is 33.9. The Labute approximate surface area is 220 Å². The van der Waals surface area contributed by atoms with Crippen molar-refractivity contribution in [1.29, 1.82) is 0 Å². The van der Waals surface area contributed by atoms with Crippen LogP contribution in [0.15, 0.2) is 0 Å². The van der Waals surface area contributed by atoms with E-state index in [0.717, 1.165) is 19.3 Å². The fourth-order valence-electron chi connectivity index (χ4n) is 2.02. The van der Waals surface area contributed by atoms with Gasteiger partial charge >= 0.3 is 107 Å². The van der Waals surface area contributed by atoms with Gasteiger partial charge in [0.25, 0.3) is 0 Å². The molecule has 2 N–H and O–H groups in total. The van der Waals surface area contributed by atoms with E-state index in [1.165, 1.54) is 25.7 Å². The monoisotopic (exact) mass is 390 g/mol. The van der Waals surface area contributed by atoms with Crippen molar-refractivity contribution in [2.45, 2.75) is 64.7 Å². The summed E-state index contributed by atoms with van der Waals surface area (Å²) in [5.74, 6) is -4.96. The SMILES string of the molecule is CCCCCCCCCCC(C(=O)O)C(=O)OOCC(=O)O.[H-].[H-].[H-].[Na+].[Na+].[Na+]. The van der Waals surface area contributed by atoms with Crippen LogP contribution in [-0.2, 0) is 24.2 Å². The molecule has 0 rings (SSSR count). The van der Waals surface area contributed by atoms with Crippen molar-refractivity contribution in [1.82, 2.24) is 0 Å². The van der Waals surface area contributed by atoms with Gasteiger partial charge in [-0.2, -0.15) is 4.89 Å². The topological polar surface area (TPSA) is 110 Å². The van der Waals surface area contributed by atoms with E-state index < -0.39 is 30.4 Å². The van der Waals surface area contributed by atoms with Crippen molar-refractivity contribution in [2.24, 2.45) is 5.92 Å². The Morgan fingerprint density at radius 2 is 1.36 bits per heavy atom. The summed E-state index contributed by atoms with van der Waals surface area (Å²) in [5, 5.41) is 17.3. The molecule has 0 aromatic carbocycles. The van der Waals surface area contributed by atoms with Gasteiger partial charge in [-0.3, -0.25) is 9.68 Å². The fourth-order valence-corrected chi connectivity index (χ4v) is 2.02. The predicted molar refractivity (Wildman–Crippen MR) is 81.4 cm³/mol. The molecule has 0 aromatic heterocycles. The summed E-state index contributed by atoms with van der Waals surface area (Å²) in [6.07, 6.45) is 8.61. The Balaban J connectivity index is -0.000000147. The second-order valence-electron chi connectivity index (χ2n) is 5.21. The normalized spacial score (nSPS) is 10.4. The van der Waals surface area contributed by atoms with Crippen LogP contribution in [0.1, 0.15) is 69.0 Å². The molecule has 25 heavy (non-hydrogen) atoms. The van der Waals surface area contributed by atoms with E-state index in [4.69, 9.17) is 10.2 Å². The van der Waals surface area contributed by atoms with Gasteiger partial charge in [0.1, 0.15) is 0 Å². The van der Waals surface area contributed by atoms with Gasteiger partial charge in [-0.05, 0) is 6.42 Å². The maximum atomic E-state index is 11.5. The molecule has 0 aliphatic heterocycles. The van der Waals surface area contributed by atoms with Gasteiger partial charge in [-0.1, -0.05) is 58.3 Å². The van der Waals surface area contributed by atoms with E-state index >= 15 is 0 Å². The zero-order valence-corrected chi connectivity index (χ0v) is 22.1. The summed E-state index contributed by atoms with van der Waals surface area (Å²) in [7, 11) is 0. The molecule has 0 amide bonds. The van der Waals surface area contributed by atoms with Crippen molar-refractivity contribution in [3.63, 3.8) is 0 Å². The number of carboxylic acid groups (broad SMARTS) is 2. The number of unbranched alkanes of at least 4 members (excludes halogenated alkanes) is 7. The molecular weight excluding hydrogens is 361 g/mol. The third-order valence-corrected chi connectivity index (χ3v) is 3.25. The fraction of sp³-hybridized carbons (Fsp3) is 0.800. The maximum Gasteiger partial charge on any atom is 1.00 e. The Bertz CT molecular complexity index is 368. The molecule has 0 bridgehead atoms. The van der Waals surface area contributed by atoms with Gasteiger partial charge in [-0.15, -0.1) is 0 Å². The standard InChI is InChI=1S/C15H26O7.3Na.3H/c1-2-3-4-5-6-7-8-9-10-12(14(18)19)15(20)22-21-11-13(16)17;;;;;;/h12H,2-11H2,1H3,(H,16,17)(H,18,19);;;;;;/q;3*+1;3*-1. The summed E-state index contributed by atoms with van der Waals surface area (Å²) >= 11 is 0. The second kappa shape index (κ2) is 23.4. The molecule has 0 aromatic rings. The van der Waals surface area contributed by atoms with Gasteiger partial charge in [0.05, 0.1) is 0 Å². The number of carbonyl (C=O) groups excluding carboxylic acids is 1. The molecule has 0 aliphatic rings. The van der Waals surface area contributed by atoms with Crippen molar-refractivity contribution < 1.29 is 127 Å². The van der Waals surface area contributed by atoms with E-state index in [2.05, 4.69) is 16.7 Å². The Hall–Kier alpha value is 1.37. The Morgan fingerprint density at radius 1 is 0.880 bits per heavy atom. The van der Waals surface area contributed by atoms with Crippen LogP contribution in [0.3, 0.4) is 0 Å². The van der Waals surface area contributed by atoms with Crippen LogP contribution in [0.4, 0.5) is 0 Å². The molecule has 0 aliphatic carbocycles. The van der Waals surface area contributed by atoms with Crippen LogP contribution in [0.5, 0.6) is 0 Å². The van der Waals surface area contributed by atoms with Crippen molar-refractivity contribution in [3.05, 3.63) is 0 Å². The van der Waals surface area contributed by atoms with Crippen LogP contribution >= 0.6 is 0 Å². The number of rotatable bonds is 14. The molecule has 0 heterocycles. The van der Waals surface area contributed by atoms with E-state index in [0.29, 0.717) is 6.42 Å². The third kappa shape index (κ3) is 21.5. The van der Waals surface area contributed by atoms with Crippen molar-refractivity contribution in [3.8, 4) is 0 Å². The molecule has 0 saturated carbocycles. The Kier molecular flexibility index (Phi) is 31.8. The quantitative estimate of drug-likeness (QED) is 0.1000. The molecule has 0 spiro atoms. The van der Waals surface area contributed by atoms with Crippen LogP contribution < -0.4 is 88.7 Å². The summed E-state index contributed by atoms with van der Waals surface area (Å²) in [6, 6.07) is 0. The van der Waals surface area contributed by atoms with E-state index in [1.807, 2.05) is 0 Å². The number of hydrogen-bond acceptors (Lipinski definition) is 5. The largest absolute Gasteiger partial charge is 1.00 e. The smallest absolute Gasteiger partial charge is 1.00 e. The molecule has 1 unspecified atom stereocenters. The van der Waals surface area contributed by atoms with Crippen molar-refractivity contribution in [2.75, 3.05) is 6.61 Å². The average molecular weight is 390 g/mol. The van der Waals surface area contributed by atoms with Gasteiger partial charge in [-0.25, -0.2) is 9.59 Å². The predicted octanol–water partition coefficient (Wildman–Crippen LogP) is -5.87. The number of aliphatic carboxylic acids is 2. The van der Waals surface area contributed by atoms with Crippen molar-refractivity contribution >= 4 is 17.9 Å². The minimum absolute atomic E-state index is 0. The molecule has 10 heteroatoms. The van der Waals surface area contributed by atoms with Gasteiger partial charge in [0.2, 0.25) is 0 Å². The molecule has 1 atom stereocenters. The Morgan fingerprint density at radius 3 is 1.80 bits per heavy atom. The van der Waals surface area contributed by atoms with Crippen LogP contribution in [-0.4, -0.2) is 34.7 Å². The summed E-state index contributed by atoms with van der Waals surface area (Å²) in [6.45, 7) is 1.35. The molecule has 0 radical (unpaired) electrons. The van der Waals surface area contributed by atoms with Gasteiger partial charge in [0.15, 0.2) is 12.5 Å². The first-order valence-electron chi connectivity index (χ1n) is 7.77. The van der Waals surface area contributed by atoms with E-state index in [9.17, 15) is 14.4 Å². The second-order valence-corrected chi connectivity index (χ2v) is 5.21. The van der Waals surface area contributed by atoms with Crippen LogP contribution in [0, 0.1) is 5.92 Å². The molecular formula is C15H29Na3O7. The number of carbonyl (C=O) groups is 3.